The molecule has 2 aliphatic carbocycles. The van der Waals surface area contributed by atoms with Crippen LogP contribution in [0, 0.1) is 51.8 Å². The van der Waals surface area contributed by atoms with E-state index in [0.717, 1.165) is 64.2 Å². The Labute approximate surface area is 355 Å². The van der Waals surface area contributed by atoms with Crippen LogP contribution in [0.4, 0.5) is 0 Å². The second-order valence-electron chi connectivity index (χ2n) is 14.2. The number of carboxylic acids is 5. The van der Waals surface area contributed by atoms with Crippen molar-refractivity contribution < 1.29 is 121 Å². The SMILES string of the molecule is C=[NH+]CC(O)C(O)C(O)C(O)CO.O=C([O-])CN(CCN(CC(=O)[O-])[C@@H](CC1CCCCC1)C(=O)[O-])CCN(CC(=O)[O-])[C@@H](CC1CCCCC1)C(=O)[O-].[Gd+3].[HH]. The third-order valence-electron chi connectivity index (χ3n) is 10.1. The van der Waals surface area contributed by atoms with Gasteiger partial charge >= 0.3 is 39.9 Å². The molecule has 55 heavy (non-hydrogen) atoms. The molecule has 0 aromatic carbocycles. The predicted octanol–water partition coefficient (Wildman–Crippen LogP) is -9.23. The van der Waals surface area contributed by atoms with Crippen LogP contribution in [-0.4, -0.2) is 172 Å². The van der Waals surface area contributed by atoms with Gasteiger partial charge in [-0.1, -0.05) is 64.2 Å². The first kappa shape index (κ1) is 53.0. The minimum Gasteiger partial charge on any atom is -0.549 e. The molecule has 0 bridgehead atoms. The first-order chi connectivity index (χ1) is 25.5. The fourth-order valence-electron chi connectivity index (χ4n) is 7.11. The van der Waals surface area contributed by atoms with Gasteiger partial charge in [0.2, 0.25) is 0 Å². The number of carbonyl (C=O) groups excluding carboxylic acids is 5. The number of aliphatic hydroxyl groups excluding tert-OH is 5. The third kappa shape index (κ3) is 21.9. The van der Waals surface area contributed by atoms with Gasteiger partial charge in [-0.15, -0.1) is 0 Å². The third-order valence-corrected chi connectivity index (χ3v) is 10.1. The minimum absolute atomic E-state index is 0. The van der Waals surface area contributed by atoms with Gasteiger partial charge in [0.25, 0.3) is 0 Å². The van der Waals surface area contributed by atoms with Gasteiger partial charge < -0.3 is 75.0 Å². The van der Waals surface area contributed by atoms with Crippen LogP contribution in [0.15, 0.2) is 0 Å². The summed E-state index contributed by atoms with van der Waals surface area (Å²) in [5.74, 6) is -7.11. The largest absolute Gasteiger partial charge is 3.00 e. The summed E-state index contributed by atoms with van der Waals surface area (Å²) in [6.45, 7) is -0.00563. The van der Waals surface area contributed by atoms with Crippen LogP contribution in [0.25, 0.3) is 0 Å². The first-order valence-electron chi connectivity index (χ1n) is 18.5. The smallest absolute Gasteiger partial charge is 0.549 e. The summed E-state index contributed by atoms with van der Waals surface area (Å²) in [4.78, 5) is 64.5. The molecule has 0 aromatic rings. The molecule has 0 heterocycles. The number of rotatable bonds is 26. The van der Waals surface area contributed by atoms with Crippen molar-refractivity contribution in [3.05, 3.63) is 0 Å². The number of nitrogens with zero attached hydrogens (tertiary/aromatic N) is 3. The van der Waals surface area contributed by atoms with Gasteiger partial charge in [0, 0.05) is 47.2 Å². The van der Waals surface area contributed by atoms with E-state index in [-0.39, 0.29) is 98.8 Å². The monoisotopic (exact) mass is 934 g/mol. The molecular weight excluding hydrogens is 874 g/mol. The number of carboxylic acid groups (broad SMARTS) is 5. The maximum Gasteiger partial charge on any atom is 3.00 e. The molecule has 0 aromatic heterocycles. The average Bonchev–Trinajstić information content (AvgIpc) is 3.12. The molecule has 19 nitrogen and oxygen atoms in total. The van der Waals surface area contributed by atoms with Crippen LogP contribution < -0.4 is 30.5 Å². The van der Waals surface area contributed by atoms with Crippen LogP contribution in [0.2, 0.25) is 0 Å². The summed E-state index contributed by atoms with van der Waals surface area (Å²) in [6.07, 6.45) is 3.86. The van der Waals surface area contributed by atoms with Crippen LogP contribution in [0.3, 0.4) is 0 Å². The number of nitrogens with one attached hydrogen (secondary N) is 1. The molecule has 20 heteroatoms. The minimum atomic E-state index is -1.58. The van der Waals surface area contributed by atoms with E-state index in [1.807, 2.05) is 0 Å². The van der Waals surface area contributed by atoms with E-state index in [2.05, 4.69) is 11.7 Å². The zero-order chi connectivity index (χ0) is 40.8. The van der Waals surface area contributed by atoms with E-state index in [1.54, 1.807) is 0 Å². The number of aliphatic carboxylic acids is 5. The summed E-state index contributed by atoms with van der Waals surface area (Å²) in [5.41, 5.74) is 0. The standard InChI is InChI=1S/C28H47N3O10.C7H15NO5.Gd.H2/c32-24(33)17-29(11-13-30(18-25(34)35)22(27(38)39)15-20-7-3-1-4-8-20)12-14-31(19-26(36)37)23(28(40)41)16-21-9-5-2-6-10-21;1-8-2-4(10)6(12)7(13)5(11)3-9;;/h20-23H,1-19H2,(H,32,33)(H,34,35)(H,36,37)(H,38,39)(H,40,41);4-7,9-13H,1-3H2;;1H/q;;+3;/p-4/t22-,23-;;;/m0.../s1. The van der Waals surface area contributed by atoms with Gasteiger partial charge in [0.05, 0.1) is 48.5 Å². The molecule has 0 spiro atoms. The Morgan fingerprint density at radius 1 is 0.618 bits per heavy atom. The zero-order valence-corrected chi connectivity index (χ0v) is 33.5. The Morgan fingerprint density at radius 2 is 0.982 bits per heavy atom. The quantitative estimate of drug-likeness (QED) is 0.0439. The zero-order valence-electron chi connectivity index (χ0n) is 31.2. The first-order valence-corrected chi connectivity index (χ1v) is 18.5. The Hall–Kier alpha value is -1.98. The van der Waals surface area contributed by atoms with Crippen molar-refractivity contribution in [2.45, 2.75) is 114 Å². The van der Waals surface area contributed by atoms with Crippen molar-refractivity contribution in [1.29, 1.82) is 0 Å². The van der Waals surface area contributed by atoms with Gasteiger partial charge in [-0.05, 0) is 24.7 Å². The molecule has 1 radical (unpaired) electrons. The molecule has 0 aliphatic heterocycles. The summed E-state index contributed by atoms with van der Waals surface area (Å²) in [5, 5.41) is 103. The fraction of sp³-hybridized carbons (Fsp3) is 0.829. The van der Waals surface area contributed by atoms with Crippen LogP contribution in [0.5, 0.6) is 0 Å². The molecular formula is C35H60GdN4O15-. The van der Waals surface area contributed by atoms with E-state index < -0.39 is 92.6 Å². The molecule has 0 amide bonds. The van der Waals surface area contributed by atoms with Crippen molar-refractivity contribution in [1.82, 2.24) is 14.7 Å². The van der Waals surface area contributed by atoms with E-state index in [4.69, 9.17) is 20.4 Å². The van der Waals surface area contributed by atoms with Crippen LogP contribution >= 0.6 is 0 Å². The topological polar surface area (TPSA) is 325 Å². The van der Waals surface area contributed by atoms with Crippen molar-refractivity contribution >= 4 is 36.6 Å². The second-order valence-corrected chi connectivity index (χ2v) is 14.2. The van der Waals surface area contributed by atoms with Gasteiger partial charge in [0.1, 0.15) is 31.1 Å². The molecule has 2 aliphatic rings. The Morgan fingerprint density at radius 3 is 1.29 bits per heavy atom. The Bertz CT molecular complexity index is 1100. The summed E-state index contributed by atoms with van der Waals surface area (Å²) in [6, 6.07) is -2.43. The van der Waals surface area contributed by atoms with E-state index >= 15 is 0 Å². The summed E-state index contributed by atoms with van der Waals surface area (Å²) < 4.78 is 0. The van der Waals surface area contributed by atoms with E-state index in [0.29, 0.717) is 0 Å². The van der Waals surface area contributed by atoms with E-state index in [1.165, 1.54) is 14.7 Å². The molecule has 2 saturated carbocycles. The average molecular weight is 934 g/mol. The molecule has 4 unspecified atom stereocenters. The molecule has 6 N–H and O–H groups in total. The normalized spacial score (nSPS) is 18.5. The Kier molecular flexibility index (Phi) is 28.2. The van der Waals surface area contributed by atoms with Crippen molar-refractivity contribution in [2.75, 3.05) is 59.0 Å². The summed E-state index contributed by atoms with van der Waals surface area (Å²) >= 11 is 0. The molecule has 2 rings (SSSR count). The Balaban J connectivity index is 0. The van der Waals surface area contributed by atoms with Crippen LogP contribution in [0.1, 0.15) is 78.5 Å². The molecule has 0 saturated heterocycles. The second kappa shape index (κ2) is 29.3. The number of hydrogen-bond acceptors (Lipinski definition) is 18. The van der Waals surface area contributed by atoms with Crippen LogP contribution in [-0.2, 0) is 24.0 Å². The maximum atomic E-state index is 12.0. The van der Waals surface area contributed by atoms with E-state index in [9.17, 15) is 54.6 Å². The fourth-order valence-corrected chi connectivity index (χ4v) is 7.11. The van der Waals surface area contributed by atoms with Gasteiger partial charge in [-0.2, -0.15) is 0 Å². The summed E-state index contributed by atoms with van der Waals surface area (Å²) in [7, 11) is 0. The van der Waals surface area contributed by atoms with Crippen molar-refractivity contribution in [2.24, 2.45) is 11.8 Å². The van der Waals surface area contributed by atoms with Crippen molar-refractivity contribution in [3.8, 4) is 0 Å². The number of hydrogen-bond donors (Lipinski definition) is 6. The van der Waals surface area contributed by atoms with Gasteiger partial charge in [-0.3, -0.25) is 19.7 Å². The molecule has 2 fully saturated rings. The predicted molar refractivity (Wildman–Crippen MR) is 181 cm³/mol. The molecule has 6 atom stereocenters. The van der Waals surface area contributed by atoms with Gasteiger partial charge in [0.15, 0.2) is 6.54 Å². The van der Waals surface area contributed by atoms with Crippen molar-refractivity contribution in [3.63, 3.8) is 0 Å². The number of carbonyl (C=O) groups is 5. The molecule has 319 valence electrons. The maximum absolute atomic E-state index is 12.0. The number of aliphatic hydroxyl groups is 5. The van der Waals surface area contributed by atoms with Gasteiger partial charge in [-0.25, -0.2) is 0 Å².